The summed E-state index contributed by atoms with van der Waals surface area (Å²) in [4.78, 5) is 22.8. The van der Waals surface area contributed by atoms with E-state index in [-0.39, 0.29) is 18.4 Å². The summed E-state index contributed by atoms with van der Waals surface area (Å²) in [5.41, 5.74) is 0.931. The third-order valence-electron chi connectivity index (χ3n) is 4.28. The van der Waals surface area contributed by atoms with E-state index in [2.05, 4.69) is 25.3 Å². The van der Waals surface area contributed by atoms with Gasteiger partial charge in [0.05, 0.1) is 17.1 Å². The lowest BCUT2D eigenvalue weighted by Crippen LogP contribution is -2.38. The average molecular weight is 391 g/mol. The van der Waals surface area contributed by atoms with Crippen LogP contribution in [0, 0.1) is 0 Å². The molecule has 1 saturated heterocycles. The summed E-state index contributed by atoms with van der Waals surface area (Å²) in [5.74, 6) is 0.839. The van der Waals surface area contributed by atoms with Gasteiger partial charge in [-0.1, -0.05) is 23.2 Å². The normalized spacial score (nSPS) is 17.0. The fraction of sp³-hybridized carbons (Fsp3) is 0.294. The second kappa shape index (κ2) is 7.09. The highest BCUT2D eigenvalue weighted by Gasteiger charge is 2.25. The molecule has 1 fully saturated rings. The Morgan fingerprint density at radius 3 is 3.04 bits per heavy atom. The van der Waals surface area contributed by atoms with Crippen molar-refractivity contribution in [3.05, 3.63) is 52.5 Å². The highest BCUT2D eigenvalue weighted by atomic mass is 35.5. The van der Waals surface area contributed by atoms with Crippen molar-refractivity contribution in [2.45, 2.75) is 18.9 Å². The standard InChI is InChI=1S/C17H16Cl2N6O/c18-11-2-3-14(13(19)8-11)24-7-4-12(10-24)21-16(26)9-15-22-17-20-5-1-6-25(17)23-15/h1-3,5-6,8,12H,4,7,9-10H2,(H,21,26). The number of benzene rings is 1. The van der Waals surface area contributed by atoms with E-state index in [4.69, 9.17) is 23.2 Å². The molecule has 9 heteroatoms. The molecule has 1 N–H and O–H groups in total. The Bertz CT molecular complexity index is 926. The molecule has 0 saturated carbocycles. The predicted molar refractivity (Wildman–Crippen MR) is 99.7 cm³/mol. The summed E-state index contributed by atoms with van der Waals surface area (Å²) in [6, 6.07) is 7.28. The number of fused-ring (bicyclic) bond motifs is 1. The van der Waals surface area contributed by atoms with Crippen molar-refractivity contribution < 1.29 is 4.79 Å². The van der Waals surface area contributed by atoms with Crippen LogP contribution in [0.4, 0.5) is 5.69 Å². The van der Waals surface area contributed by atoms with Gasteiger partial charge in [0.25, 0.3) is 5.78 Å². The molecule has 3 heterocycles. The molecule has 1 aliphatic rings. The second-order valence-electron chi connectivity index (χ2n) is 6.16. The first-order valence-electron chi connectivity index (χ1n) is 8.24. The molecule has 1 atom stereocenters. The minimum Gasteiger partial charge on any atom is -0.368 e. The maximum absolute atomic E-state index is 12.3. The number of carbonyl (C=O) groups is 1. The van der Waals surface area contributed by atoms with Crippen molar-refractivity contribution in [1.82, 2.24) is 24.9 Å². The van der Waals surface area contributed by atoms with Crippen molar-refractivity contribution in [3.63, 3.8) is 0 Å². The first-order chi connectivity index (χ1) is 12.6. The molecule has 0 aliphatic carbocycles. The van der Waals surface area contributed by atoms with E-state index in [9.17, 15) is 4.79 Å². The van der Waals surface area contributed by atoms with E-state index in [1.54, 1.807) is 29.0 Å². The van der Waals surface area contributed by atoms with Crippen molar-refractivity contribution in [2.24, 2.45) is 0 Å². The van der Waals surface area contributed by atoms with Crippen LogP contribution in [0.3, 0.4) is 0 Å². The van der Waals surface area contributed by atoms with Gasteiger partial charge in [0.15, 0.2) is 5.82 Å². The second-order valence-corrected chi connectivity index (χ2v) is 7.01. The number of nitrogens with one attached hydrogen (secondary N) is 1. The summed E-state index contributed by atoms with van der Waals surface area (Å²) in [6.07, 6.45) is 4.37. The van der Waals surface area contributed by atoms with Gasteiger partial charge in [0, 0.05) is 36.5 Å². The van der Waals surface area contributed by atoms with Crippen LogP contribution in [0.25, 0.3) is 5.78 Å². The third-order valence-corrected chi connectivity index (χ3v) is 4.82. The molecule has 1 unspecified atom stereocenters. The molecule has 3 aromatic rings. The van der Waals surface area contributed by atoms with E-state index >= 15 is 0 Å². The molecular formula is C17H16Cl2N6O. The minimum atomic E-state index is -0.102. The Kier molecular flexibility index (Phi) is 4.65. The molecule has 1 aromatic carbocycles. The molecule has 0 bridgehead atoms. The van der Waals surface area contributed by atoms with Crippen LogP contribution in [-0.2, 0) is 11.2 Å². The van der Waals surface area contributed by atoms with Gasteiger partial charge in [0.1, 0.15) is 0 Å². The number of halogens is 2. The molecule has 4 rings (SSSR count). The molecule has 26 heavy (non-hydrogen) atoms. The SMILES string of the molecule is O=C(Cc1nc2ncccn2n1)NC1CCN(c2ccc(Cl)cc2Cl)C1. The third kappa shape index (κ3) is 3.59. The van der Waals surface area contributed by atoms with Crippen LogP contribution < -0.4 is 10.2 Å². The molecular weight excluding hydrogens is 375 g/mol. The van der Waals surface area contributed by atoms with Crippen molar-refractivity contribution in [3.8, 4) is 0 Å². The molecule has 1 amide bonds. The largest absolute Gasteiger partial charge is 0.368 e. The zero-order valence-electron chi connectivity index (χ0n) is 13.8. The Labute approximate surface area is 159 Å². The summed E-state index contributed by atoms with van der Waals surface area (Å²) < 4.78 is 1.56. The fourth-order valence-electron chi connectivity index (χ4n) is 3.11. The Hall–Kier alpha value is -2.38. The zero-order chi connectivity index (χ0) is 18.1. The summed E-state index contributed by atoms with van der Waals surface area (Å²) in [7, 11) is 0. The van der Waals surface area contributed by atoms with Crippen LogP contribution in [-0.4, -0.2) is 44.6 Å². The smallest absolute Gasteiger partial charge is 0.252 e. The Morgan fingerprint density at radius 2 is 2.23 bits per heavy atom. The highest BCUT2D eigenvalue weighted by molar-refractivity contribution is 6.36. The lowest BCUT2D eigenvalue weighted by Gasteiger charge is -2.20. The number of aromatic nitrogens is 4. The predicted octanol–water partition coefficient (Wildman–Crippen LogP) is 2.37. The number of amides is 1. The number of rotatable bonds is 4. The van der Waals surface area contributed by atoms with Gasteiger partial charge >= 0.3 is 0 Å². The molecule has 134 valence electrons. The first kappa shape index (κ1) is 17.1. The maximum Gasteiger partial charge on any atom is 0.252 e. The van der Waals surface area contributed by atoms with E-state index in [1.807, 2.05) is 12.1 Å². The van der Waals surface area contributed by atoms with Gasteiger partial charge in [-0.2, -0.15) is 4.98 Å². The summed E-state index contributed by atoms with van der Waals surface area (Å²) in [5, 5.41) is 8.52. The van der Waals surface area contributed by atoms with Crippen molar-refractivity contribution in [2.75, 3.05) is 18.0 Å². The van der Waals surface area contributed by atoms with Gasteiger partial charge in [-0.15, -0.1) is 5.10 Å². The van der Waals surface area contributed by atoms with Crippen LogP contribution in [0.2, 0.25) is 10.0 Å². The minimum absolute atomic E-state index is 0.0596. The first-order valence-corrected chi connectivity index (χ1v) is 9.00. The lowest BCUT2D eigenvalue weighted by molar-refractivity contribution is -0.121. The van der Waals surface area contributed by atoms with Gasteiger partial charge in [0.2, 0.25) is 5.91 Å². The Morgan fingerprint density at radius 1 is 1.35 bits per heavy atom. The zero-order valence-corrected chi connectivity index (χ0v) is 15.3. The average Bonchev–Trinajstić information content (AvgIpc) is 3.20. The van der Waals surface area contributed by atoms with E-state index < -0.39 is 0 Å². The van der Waals surface area contributed by atoms with Crippen LogP contribution >= 0.6 is 23.2 Å². The molecule has 0 radical (unpaired) electrons. The van der Waals surface area contributed by atoms with Crippen LogP contribution in [0.1, 0.15) is 12.2 Å². The quantitative estimate of drug-likeness (QED) is 0.739. The van der Waals surface area contributed by atoms with Gasteiger partial charge in [-0.3, -0.25) is 4.79 Å². The lowest BCUT2D eigenvalue weighted by atomic mass is 10.2. The highest BCUT2D eigenvalue weighted by Crippen LogP contribution is 2.31. The monoisotopic (exact) mass is 390 g/mol. The Balaban J connectivity index is 1.36. The van der Waals surface area contributed by atoms with E-state index in [1.165, 1.54) is 0 Å². The summed E-state index contributed by atoms with van der Waals surface area (Å²) in [6.45, 7) is 1.52. The van der Waals surface area contributed by atoms with E-state index in [0.29, 0.717) is 28.2 Å². The molecule has 0 spiro atoms. The van der Waals surface area contributed by atoms with Crippen molar-refractivity contribution >= 4 is 40.6 Å². The number of nitrogens with zero attached hydrogens (tertiary/aromatic N) is 5. The number of hydrogen-bond donors (Lipinski definition) is 1. The van der Waals surface area contributed by atoms with E-state index in [0.717, 1.165) is 18.7 Å². The molecule has 7 nitrogen and oxygen atoms in total. The number of anilines is 1. The fourth-order valence-corrected chi connectivity index (χ4v) is 3.64. The number of hydrogen-bond acceptors (Lipinski definition) is 5. The number of carbonyl (C=O) groups excluding carboxylic acids is 1. The van der Waals surface area contributed by atoms with Gasteiger partial charge < -0.3 is 10.2 Å². The van der Waals surface area contributed by atoms with Gasteiger partial charge in [-0.25, -0.2) is 9.50 Å². The molecule has 1 aliphatic heterocycles. The van der Waals surface area contributed by atoms with Crippen molar-refractivity contribution in [1.29, 1.82) is 0 Å². The summed E-state index contributed by atoms with van der Waals surface area (Å²) >= 11 is 12.2. The van der Waals surface area contributed by atoms with Crippen LogP contribution in [0.5, 0.6) is 0 Å². The maximum atomic E-state index is 12.3. The van der Waals surface area contributed by atoms with Crippen LogP contribution in [0.15, 0.2) is 36.7 Å². The molecule has 2 aromatic heterocycles. The topological polar surface area (TPSA) is 75.4 Å². The van der Waals surface area contributed by atoms with Gasteiger partial charge in [-0.05, 0) is 30.7 Å².